The highest BCUT2D eigenvalue weighted by atomic mass is 16.6. The van der Waals surface area contributed by atoms with Crippen molar-refractivity contribution in [1.82, 2.24) is 15.0 Å². The molecule has 3 rings (SSSR count). The van der Waals surface area contributed by atoms with Gasteiger partial charge in [0.1, 0.15) is 5.60 Å². The fourth-order valence-corrected chi connectivity index (χ4v) is 3.49. The number of rotatable bonds is 6. The molecular formula is C23H33N5O4. The van der Waals surface area contributed by atoms with Gasteiger partial charge in [0.15, 0.2) is 0 Å². The van der Waals surface area contributed by atoms with Gasteiger partial charge in [-0.15, -0.1) is 0 Å². The monoisotopic (exact) mass is 443 g/mol. The average molecular weight is 444 g/mol. The van der Waals surface area contributed by atoms with Crippen molar-refractivity contribution in [3.8, 4) is 11.4 Å². The number of aromatic nitrogens is 2. The summed E-state index contributed by atoms with van der Waals surface area (Å²) in [6.45, 7) is 10.4. The molecule has 0 bridgehead atoms. The van der Waals surface area contributed by atoms with Crippen LogP contribution >= 0.6 is 0 Å². The van der Waals surface area contributed by atoms with Crippen molar-refractivity contribution in [2.45, 2.75) is 64.5 Å². The molecule has 174 valence electrons. The molecule has 1 aliphatic rings. The molecule has 2 heterocycles. The third kappa shape index (κ3) is 5.85. The number of aliphatic hydroxyl groups excluding tert-OH is 1. The number of ether oxygens (including phenoxy) is 1. The van der Waals surface area contributed by atoms with Gasteiger partial charge in [-0.25, -0.2) is 4.79 Å². The summed E-state index contributed by atoms with van der Waals surface area (Å²) in [5.41, 5.74) is 1.12. The first-order chi connectivity index (χ1) is 15.0. The van der Waals surface area contributed by atoms with E-state index in [1.807, 2.05) is 52.8 Å². The van der Waals surface area contributed by atoms with Crippen LogP contribution in [0.2, 0.25) is 0 Å². The maximum absolute atomic E-state index is 12.3. The summed E-state index contributed by atoms with van der Waals surface area (Å²) in [7, 11) is 0. The summed E-state index contributed by atoms with van der Waals surface area (Å²) in [5.74, 6) is 1.11. The maximum Gasteiger partial charge on any atom is 0.410 e. The van der Waals surface area contributed by atoms with Crippen LogP contribution in [0.15, 0.2) is 22.7 Å². The minimum absolute atomic E-state index is 0.0526. The third-order valence-electron chi connectivity index (χ3n) is 5.27. The second-order valence-corrected chi connectivity index (χ2v) is 9.81. The van der Waals surface area contributed by atoms with Crippen LogP contribution in [0.5, 0.6) is 0 Å². The second-order valence-electron chi connectivity index (χ2n) is 9.81. The standard InChI is InChI=1S/C23H33N5O4/c1-22(2,3)31-21(30)28-10-8-15(9-11-28)20-25-19(27-32-20)16-6-7-17(13-24)18(12-16)26-23(4,5)14-29/h6-7,12-13,15,24,26,29H,8-11,14H2,1-5H3. The Morgan fingerprint density at radius 1 is 1.31 bits per heavy atom. The summed E-state index contributed by atoms with van der Waals surface area (Å²) in [5, 5.41) is 24.6. The van der Waals surface area contributed by atoms with E-state index < -0.39 is 11.1 Å². The molecule has 0 aliphatic carbocycles. The lowest BCUT2D eigenvalue weighted by molar-refractivity contribution is 0.0198. The molecule has 0 saturated carbocycles. The zero-order valence-corrected chi connectivity index (χ0v) is 19.4. The van der Waals surface area contributed by atoms with Gasteiger partial charge in [-0.2, -0.15) is 4.98 Å². The summed E-state index contributed by atoms with van der Waals surface area (Å²) in [6, 6.07) is 5.52. The quantitative estimate of drug-likeness (QED) is 0.576. The highest BCUT2D eigenvalue weighted by molar-refractivity contribution is 5.87. The molecule has 32 heavy (non-hydrogen) atoms. The second kappa shape index (κ2) is 9.28. The van der Waals surface area contributed by atoms with Gasteiger partial charge in [0.25, 0.3) is 0 Å². The molecule has 3 N–H and O–H groups in total. The fourth-order valence-electron chi connectivity index (χ4n) is 3.49. The number of hydrogen-bond donors (Lipinski definition) is 3. The van der Waals surface area contributed by atoms with Crippen molar-refractivity contribution in [1.29, 1.82) is 5.41 Å². The van der Waals surface area contributed by atoms with Crippen molar-refractivity contribution in [3.05, 3.63) is 29.7 Å². The van der Waals surface area contributed by atoms with Crippen LogP contribution in [0, 0.1) is 5.41 Å². The summed E-state index contributed by atoms with van der Waals surface area (Å²) in [4.78, 5) is 18.6. The van der Waals surface area contributed by atoms with E-state index in [1.54, 1.807) is 4.90 Å². The number of nitrogens with zero attached hydrogens (tertiary/aromatic N) is 3. The Hall–Kier alpha value is -2.94. The van der Waals surface area contributed by atoms with Crippen LogP contribution in [0.25, 0.3) is 11.4 Å². The first-order valence-corrected chi connectivity index (χ1v) is 10.9. The zero-order chi connectivity index (χ0) is 23.5. The van der Waals surface area contributed by atoms with Crippen LogP contribution in [0.4, 0.5) is 10.5 Å². The van der Waals surface area contributed by atoms with Crippen molar-refractivity contribution in [2.75, 3.05) is 25.0 Å². The summed E-state index contributed by atoms with van der Waals surface area (Å²) in [6.07, 6.45) is 2.43. The number of nitrogens with one attached hydrogen (secondary N) is 2. The van der Waals surface area contributed by atoms with Crippen LogP contribution in [0.1, 0.15) is 64.8 Å². The SMILES string of the molecule is CC(C)(CO)Nc1cc(-c2noc(C3CCN(C(=O)OC(C)(C)C)CC3)n2)ccc1C=N. The van der Waals surface area contributed by atoms with Gasteiger partial charge in [0.05, 0.1) is 12.1 Å². The lowest BCUT2D eigenvalue weighted by Gasteiger charge is -2.32. The summed E-state index contributed by atoms with van der Waals surface area (Å²) < 4.78 is 11.0. The minimum atomic E-state index is -0.541. The van der Waals surface area contributed by atoms with Crippen molar-refractivity contribution in [2.24, 2.45) is 0 Å². The van der Waals surface area contributed by atoms with E-state index in [2.05, 4.69) is 15.5 Å². The van der Waals surface area contributed by atoms with E-state index in [0.717, 1.165) is 18.4 Å². The molecule has 1 saturated heterocycles. The van der Waals surface area contributed by atoms with Crippen molar-refractivity contribution in [3.63, 3.8) is 0 Å². The molecular weight excluding hydrogens is 410 g/mol. The van der Waals surface area contributed by atoms with Crippen LogP contribution in [-0.4, -0.2) is 63.3 Å². The number of hydrogen-bond acceptors (Lipinski definition) is 8. The van der Waals surface area contributed by atoms with E-state index >= 15 is 0 Å². The average Bonchev–Trinajstić information content (AvgIpc) is 3.22. The number of likely N-dealkylation sites (tertiary alicyclic amines) is 1. The molecule has 1 amide bonds. The number of amides is 1. The molecule has 9 heteroatoms. The van der Waals surface area contributed by atoms with Gasteiger partial charge in [0.2, 0.25) is 11.7 Å². The lowest BCUT2D eigenvalue weighted by Crippen LogP contribution is -2.41. The fraction of sp³-hybridized carbons (Fsp3) is 0.565. The molecule has 1 aliphatic heterocycles. The molecule has 0 radical (unpaired) electrons. The van der Waals surface area contributed by atoms with Crippen molar-refractivity contribution >= 4 is 18.0 Å². The number of carbonyl (C=O) groups is 1. The van der Waals surface area contributed by atoms with Gasteiger partial charge in [-0.3, -0.25) is 0 Å². The van der Waals surface area contributed by atoms with Crippen molar-refractivity contribution < 1.29 is 19.2 Å². The zero-order valence-electron chi connectivity index (χ0n) is 19.4. The molecule has 9 nitrogen and oxygen atoms in total. The normalized spacial score (nSPS) is 15.5. The van der Waals surface area contributed by atoms with Gasteiger partial charge >= 0.3 is 6.09 Å². The van der Waals surface area contributed by atoms with E-state index in [1.165, 1.54) is 6.21 Å². The Bertz CT molecular complexity index is 956. The molecule has 0 unspecified atom stereocenters. The number of anilines is 1. The molecule has 1 aromatic carbocycles. The van der Waals surface area contributed by atoms with Gasteiger partial charge in [-0.05, 0) is 53.5 Å². The molecule has 1 aromatic heterocycles. The Labute approximate surface area is 188 Å². The third-order valence-corrected chi connectivity index (χ3v) is 5.27. The Kier molecular flexibility index (Phi) is 6.88. The van der Waals surface area contributed by atoms with Gasteiger partial charge < -0.3 is 30.0 Å². The van der Waals surface area contributed by atoms with E-state index in [9.17, 15) is 9.90 Å². The highest BCUT2D eigenvalue weighted by Crippen LogP contribution is 2.31. The van der Waals surface area contributed by atoms with Crippen LogP contribution < -0.4 is 5.32 Å². The number of benzene rings is 1. The van der Waals surface area contributed by atoms with Gasteiger partial charge in [-0.1, -0.05) is 17.3 Å². The molecule has 1 fully saturated rings. The summed E-state index contributed by atoms with van der Waals surface area (Å²) >= 11 is 0. The van der Waals surface area contributed by atoms with E-state index in [-0.39, 0.29) is 18.6 Å². The predicted octanol–water partition coefficient (Wildman–Crippen LogP) is 4.03. The maximum atomic E-state index is 12.3. The highest BCUT2D eigenvalue weighted by Gasteiger charge is 2.30. The Balaban J connectivity index is 1.70. The Morgan fingerprint density at radius 2 is 2.00 bits per heavy atom. The first kappa shape index (κ1) is 23.7. The van der Waals surface area contributed by atoms with Crippen LogP contribution in [0.3, 0.4) is 0 Å². The number of carbonyl (C=O) groups excluding carboxylic acids is 1. The lowest BCUT2D eigenvalue weighted by atomic mass is 9.97. The molecule has 2 aromatic rings. The minimum Gasteiger partial charge on any atom is -0.444 e. The van der Waals surface area contributed by atoms with Crippen LogP contribution in [-0.2, 0) is 4.74 Å². The van der Waals surface area contributed by atoms with E-state index in [4.69, 9.17) is 14.7 Å². The molecule has 0 atom stereocenters. The largest absolute Gasteiger partial charge is 0.444 e. The number of aliphatic hydroxyl groups is 1. The number of piperidine rings is 1. The smallest absolute Gasteiger partial charge is 0.410 e. The topological polar surface area (TPSA) is 125 Å². The predicted molar refractivity (Wildman–Crippen MR) is 122 cm³/mol. The first-order valence-electron chi connectivity index (χ1n) is 10.9. The Morgan fingerprint density at radius 3 is 2.59 bits per heavy atom. The van der Waals surface area contributed by atoms with E-state index in [0.29, 0.717) is 36.1 Å². The molecule has 0 spiro atoms. The van der Waals surface area contributed by atoms with Gasteiger partial charge in [0, 0.05) is 42.0 Å².